The van der Waals surface area contributed by atoms with Gasteiger partial charge in [0.25, 0.3) is 0 Å². The molecular formula is C7H7N4O3. The molecule has 7 nitrogen and oxygen atoms in total. The molecule has 1 aromatic heterocycles. The Bertz CT molecular complexity index is 397. The number of carboxylic acids is 1. The highest BCUT2D eigenvalue weighted by Crippen LogP contribution is 2.18. The lowest BCUT2D eigenvalue weighted by molar-refractivity contribution is -0.139. The largest absolute Gasteiger partial charge is 0.477 e. The number of aryl methyl sites for hydroxylation is 1. The first-order valence-electron chi connectivity index (χ1n) is 3.80. The third-order valence-corrected chi connectivity index (χ3v) is 1.59. The number of aromatic nitrogens is 3. The SMILES string of the molecule is Cc1nnc(C2=CO[C](C(=O)O)N2)[nH]1. The van der Waals surface area contributed by atoms with Crippen LogP contribution in [0.4, 0.5) is 0 Å². The molecule has 0 fully saturated rings. The first-order chi connectivity index (χ1) is 6.66. The number of carboxylic acid groups (broad SMARTS) is 1. The van der Waals surface area contributed by atoms with E-state index >= 15 is 0 Å². The van der Waals surface area contributed by atoms with E-state index < -0.39 is 5.97 Å². The highest BCUT2D eigenvalue weighted by Gasteiger charge is 2.28. The van der Waals surface area contributed by atoms with Crippen molar-refractivity contribution in [2.45, 2.75) is 6.92 Å². The molecule has 73 valence electrons. The third-order valence-electron chi connectivity index (χ3n) is 1.59. The number of aliphatic carboxylic acids is 1. The van der Waals surface area contributed by atoms with Crippen LogP contribution >= 0.6 is 0 Å². The summed E-state index contributed by atoms with van der Waals surface area (Å²) >= 11 is 0. The van der Waals surface area contributed by atoms with Gasteiger partial charge >= 0.3 is 12.2 Å². The average molecular weight is 195 g/mol. The number of nitrogens with zero attached hydrogens (tertiary/aromatic N) is 2. The number of hydrogen-bond acceptors (Lipinski definition) is 5. The van der Waals surface area contributed by atoms with Crippen LogP contribution in [-0.4, -0.2) is 26.3 Å². The molecule has 0 aliphatic carbocycles. The Labute approximate surface area is 78.8 Å². The number of H-pyrrole nitrogens is 1. The molecule has 0 aromatic carbocycles. The number of nitrogens with one attached hydrogen (secondary N) is 2. The van der Waals surface area contributed by atoms with E-state index in [2.05, 4.69) is 20.5 Å². The number of aromatic amines is 1. The molecule has 0 saturated carbocycles. The van der Waals surface area contributed by atoms with E-state index in [1.807, 2.05) is 0 Å². The molecule has 1 aliphatic heterocycles. The zero-order chi connectivity index (χ0) is 10.1. The van der Waals surface area contributed by atoms with Crippen LogP contribution in [0.15, 0.2) is 6.26 Å². The Balaban J connectivity index is 2.12. The van der Waals surface area contributed by atoms with E-state index in [4.69, 9.17) is 9.84 Å². The molecule has 1 radical (unpaired) electrons. The maximum Gasteiger partial charge on any atom is 0.377 e. The number of hydrogen-bond donors (Lipinski definition) is 3. The van der Waals surface area contributed by atoms with E-state index in [0.29, 0.717) is 17.3 Å². The van der Waals surface area contributed by atoms with Crippen LogP contribution < -0.4 is 5.32 Å². The van der Waals surface area contributed by atoms with Gasteiger partial charge < -0.3 is 20.1 Å². The predicted octanol–water partition coefficient (Wildman–Crippen LogP) is -0.395. The van der Waals surface area contributed by atoms with Crippen LogP contribution in [0.3, 0.4) is 0 Å². The van der Waals surface area contributed by atoms with E-state index in [1.165, 1.54) is 6.26 Å². The van der Waals surface area contributed by atoms with Crippen molar-refractivity contribution in [3.8, 4) is 0 Å². The second kappa shape index (κ2) is 3.02. The van der Waals surface area contributed by atoms with Gasteiger partial charge in [-0.15, -0.1) is 10.2 Å². The van der Waals surface area contributed by atoms with Crippen molar-refractivity contribution < 1.29 is 14.6 Å². The smallest absolute Gasteiger partial charge is 0.377 e. The maximum atomic E-state index is 10.5. The predicted molar refractivity (Wildman–Crippen MR) is 44.2 cm³/mol. The molecule has 1 aromatic rings. The number of carbonyl (C=O) groups is 1. The molecule has 0 amide bonds. The van der Waals surface area contributed by atoms with E-state index in [0.717, 1.165) is 0 Å². The topological polar surface area (TPSA) is 100 Å². The number of rotatable bonds is 2. The van der Waals surface area contributed by atoms with Crippen LogP contribution in [0.1, 0.15) is 11.6 Å². The van der Waals surface area contributed by atoms with Crippen molar-refractivity contribution in [1.82, 2.24) is 20.5 Å². The van der Waals surface area contributed by atoms with Crippen molar-refractivity contribution in [3.63, 3.8) is 0 Å². The van der Waals surface area contributed by atoms with Gasteiger partial charge in [0.05, 0.1) is 0 Å². The first-order valence-corrected chi connectivity index (χ1v) is 3.80. The average Bonchev–Trinajstić information content (AvgIpc) is 2.70. The highest BCUT2D eigenvalue weighted by molar-refractivity contribution is 5.84. The fourth-order valence-electron chi connectivity index (χ4n) is 0.986. The number of ether oxygens (including phenoxy) is 1. The Morgan fingerprint density at radius 1 is 1.57 bits per heavy atom. The van der Waals surface area contributed by atoms with Gasteiger partial charge in [0, 0.05) is 0 Å². The Morgan fingerprint density at radius 3 is 2.86 bits per heavy atom. The van der Waals surface area contributed by atoms with Crippen molar-refractivity contribution in [1.29, 1.82) is 0 Å². The summed E-state index contributed by atoms with van der Waals surface area (Å²) in [4.78, 5) is 13.3. The minimum Gasteiger partial charge on any atom is -0.477 e. The van der Waals surface area contributed by atoms with Crippen LogP contribution in [0.5, 0.6) is 0 Å². The van der Waals surface area contributed by atoms with Crippen LogP contribution in [0.2, 0.25) is 0 Å². The van der Waals surface area contributed by atoms with Gasteiger partial charge in [0.2, 0.25) is 0 Å². The minimum atomic E-state index is -1.16. The summed E-state index contributed by atoms with van der Waals surface area (Å²) in [6, 6.07) is 0. The normalized spacial score (nSPS) is 15.9. The van der Waals surface area contributed by atoms with Gasteiger partial charge in [0.15, 0.2) is 5.82 Å². The van der Waals surface area contributed by atoms with Crippen molar-refractivity contribution in [3.05, 3.63) is 24.1 Å². The molecule has 3 N–H and O–H groups in total. The summed E-state index contributed by atoms with van der Waals surface area (Å²) in [6.45, 7) is 1.74. The van der Waals surface area contributed by atoms with Gasteiger partial charge in [-0.2, -0.15) is 0 Å². The Hall–Kier alpha value is -2.05. The lowest BCUT2D eigenvalue weighted by Gasteiger charge is -2.02. The molecule has 2 rings (SSSR count). The second-order valence-electron chi connectivity index (χ2n) is 2.67. The maximum absolute atomic E-state index is 10.5. The third kappa shape index (κ3) is 1.39. The van der Waals surface area contributed by atoms with E-state index in [-0.39, 0.29) is 6.23 Å². The molecule has 0 bridgehead atoms. The Morgan fingerprint density at radius 2 is 2.36 bits per heavy atom. The van der Waals surface area contributed by atoms with E-state index in [9.17, 15) is 4.79 Å². The minimum absolute atomic E-state index is 0.242. The quantitative estimate of drug-likeness (QED) is 0.594. The standard InChI is InChI=1S/C7H7N4O3/c1-3-8-5(11-10-3)4-2-14-6(9-4)7(12)13/h2,9H,1H3,(H,12,13)(H,8,10,11). The van der Waals surface area contributed by atoms with Crippen molar-refractivity contribution >= 4 is 11.7 Å². The fourth-order valence-corrected chi connectivity index (χ4v) is 0.986. The van der Waals surface area contributed by atoms with Crippen LogP contribution in [-0.2, 0) is 9.53 Å². The molecule has 0 saturated heterocycles. The lowest BCUT2D eigenvalue weighted by Crippen LogP contribution is -2.23. The summed E-state index contributed by atoms with van der Waals surface area (Å²) in [5.74, 6) is -0.0716. The molecule has 14 heavy (non-hydrogen) atoms. The summed E-state index contributed by atoms with van der Waals surface area (Å²) < 4.78 is 4.75. The lowest BCUT2D eigenvalue weighted by atomic mass is 10.4. The van der Waals surface area contributed by atoms with E-state index in [1.54, 1.807) is 6.92 Å². The van der Waals surface area contributed by atoms with Gasteiger partial charge in [0.1, 0.15) is 17.8 Å². The molecule has 0 unspecified atom stereocenters. The van der Waals surface area contributed by atoms with Crippen LogP contribution in [0.25, 0.3) is 5.70 Å². The van der Waals surface area contributed by atoms with Crippen LogP contribution in [0, 0.1) is 13.2 Å². The summed E-state index contributed by atoms with van der Waals surface area (Å²) in [7, 11) is 0. The fraction of sp³-hybridized carbons (Fsp3) is 0.143. The zero-order valence-electron chi connectivity index (χ0n) is 7.24. The van der Waals surface area contributed by atoms with Gasteiger partial charge in [-0.05, 0) is 6.92 Å². The molecule has 2 heterocycles. The molecule has 1 aliphatic rings. The second-order valence-corrected chi connectivity index (χ2v) is 2.67. The monoisotopic (exact) mass is 195 g/mol. The first kappa shape index (κ1) is 8.54. The van der Waals surface area contributed by atoms with Crippen molar-refractivity contribution in [2.75, 3.05) is 0 Å². The van der Waals surface area contributed by atoms with Gasteiger partial charge in [-0.25, -0.2) is 4.79 Å². The molecule has 0 atom stereocenters. The molecule has 7 heteroatoms. The highest BCUT2D eigenvalue weighted by atomic mass is 16.5. The summed E-state index contributed by atoms with van der Waals surface area (Å²) in [5.41, 5.74) is 0.447. The summed E-state index contributed by atoms with van der Waals surface area (Å²) in [5, 5.41) is 18.6. The van der Waals surface area contributed by atoms with Gasteiger partial charge in [-0.3, -0.25) is 0 Å². The Kier molecular flexibility index (Phi) is 1.84. The molecule has 0 spiro atoms. The zero-order valence-corrected chi connectivity index (χ0v) is 7.24. The van der Waals surface area contributed by atoms with Crippen molar-refractivity contribution in [2.24, 2.45) is 0 Å². The summed E-state index contributed by atoms with van der Waals surface area (Å²) in [6.07, 6.45) is 1.03. The molecular weight excluding hydrogens is 188 g/mol. The van der Waals surface area contributed by atoms with Gasteiger partial charge in [-0.1, -0.05) is 0 Å².